The molecule has 118 valence electrons. The van der Waals surface area contributed by atoms with E-state index < -0.39 is 10.0 Å². The van der Waals surface area contributed by atoms with Crippen LogP contribution >= 0.6 is 11.3 Å². The van der Waals surface area contributed by atoms with Crippen molar-refractivity contribution in [3.63, 3.8) is 0 Å². The summed E-state index contributed by atoms with van der Waals surface area (Å²) in [6, 6.07) is 18.5. The summed E-state index contributed by atoms with van der Waals surface area (Å²) in [6.45, 7) is 2.04. The standard InChI is InChI=1S/C17H16N2O2S2/c1-13-4-2-5-16(12-13)18-14-7-9-15(10-8-14)19-23(20,21)17-6-3-11-22-17/h2-12,18-19H,1H3. The molecule has 1 heterocycles. The second-order valence-corrected chi connectivity index (χ2v) is 7.97. The second kappa shape index (κ2) is 6.44. The molecule has 0 saturated carbocycles. The maximum absolute atomic E-state index is 12.2. The number of aryl methyl sites for hydroxylation is 1. The molecule has 6 heteroatoms. The van der Waals surface area contributed by atoms with Gasteiger partial charge in [-0.3, -0.25) is 4.72 Å². The molecule has 0 fully saturated rings. The summed E-state index contributed by atoms with van der Waals surface area (Å²) in [4.78, 5) is 0. The molecule has 2 aromatic carbocycles. The van der Waals surface area contributed by atoms with Gasteiger partial charge in [-0.15, -0.1) is 11.3 Å². The fraction of sp³-hybridized carbons (Fsp3) is 0.0588. The van der Waals surface area contributed by atoms with Gasteiger partial charge in [0.05, 0.1) is 0 Å². The highest BCUT2D eigenvalue weighted by Gasteiger charge is 2.14. The third kappa shape index (κ3) is 3.91. The van der Waals surface area contributed by atoms with Crippen LogP contribution in [0.25, 0.3) is 0 Å². The molecule has 0 unspecified atom stereocenters. The minimum atomic E-state index is -3.50. The molecule has 0 radical (unpaired) electrons. The van der Waals surface area contributed by atoms with Crippen LogP contribution in [0.15, 0.2) is 70.3 Å². The second-order valence-electron chi connectivity index (χ2n) is 5.11. The first kappa shape index (κ1) is 15.6. The van der Waals surface area contributed by atoms with E-state index in [9.17, 15) is 8.42 Å². The number of hydrogen-bond acceptors (Lipinski definition) is 4. The van der Waals surface area contributed by atoms with Gasteiger partial charge >= 0.3 is 0 Å². The van der Waals surface area contributed by atoms with Crippen molar-refractivity contribution in [3.8, 4) is 0 Å². The summed E-state index contributed by atoms with van der Waals surface area (Å²) in [5.41, 5.74) is 3.61. The maximum Gasteiger partial charge on any atom is 0.271 e. The predicted octanol–water partition coefficient (Wildman–Crippen LogP) is 4.60. The number of benzene rings is 2. The normalized spacial score (nSPS) is 11.2. The molecular weight excluding hydrogens is 328 g/mol. The van der Waals surface area contributed by atoms with E-state index in [1.165, 1.54) is 16.9 Å². The van der Waals surface area contributed by atoms with E-state index in [-0.39, 0.29) is 0 Å². The molecule has 0 aliphatic rings. The van der Waals surface area contributed by atoms with E-state index in [0.717, 1.165) is 11.4 Å². The van der Waals surface area contributed by atoms with Gasteiger partial charge in [-0.25, -0.2) is 8.42 Å². The van der Waals surface area contributed by atoms with E-state index in [1.54, 1.807) is 29.6 Å². The average Bonchev–Trinajstić information content (AvgIpc) is 3.04. The minimum Gasteiger partial charge on any atom is -0.356 e. The molecule has 0 bridgehead atoms. The number of thiophene rings is 1. The number of hydrogen-bond donors (Lipinski definition) is 2. The van der Waals surface area contributed by atoms with Crippen molar-refractivity contribution in [3.05, 3.63) is 71.6 Å². The number of nitrogens with one attached hydrogen (secondary N) is 2. The first-order chi connectivity index (χ1) is 11.0. The Morgan fingerprint density at radius 3 is 2.26 bits per heavy atom. The third-order valence-corrected chi connectivity index (χ3v) is 5.98. The van der Waals surface area contributed by atoms with Gasteiger partial charge in [0.15, 0.2) is 0 Å². The molecular formula is C17H16N2O2S2. The summed E-state index contributed by atoms with van der Waals surface area (Å²) >= 11 is 1.19. The maximum atomic E-state index is 12.2. The Hall–Kier alpha value is -2.31. The number of rotatable bonds is 5. The van der Waals surface area contributed by atoms with E-state index in [2.05, 4.69) is 10.0 Å². The highest BCUT2D eigenvalue weighted by molar-refractivity contribution is 7.94. The zero-order valence-corrected chi connectivity index (χ0v) is 14.1. The van der Waals surface area contributed by atoms with Crippen molar-refractivity contribution >= 4 is 38.4 Å². The molecule has 0 aliphatic heterocycles. The Labute approximate surface area is 139 Å². The van der Waals surface area contributed by atoms with Crippen molar-refractivity contribution in [2.45, 2.75) is 11.1 Å². The first-order valence-electron chi connectivity index (χ1n) is 7.03. The lowest BCUT2D eigenvalue weighted by molar-refractivity contribution is 0.603. The van der Waals surface area contributed by atoms with Gasteiger partial charge in [0.25, 0.3) is 10.0 Å². The molecule has 0 amide bonds. The first-order valence-corrected chi connectivity index (χ1v) is 9.39. The van der Waals surface area contributed by atoms with Crippen LogP contribution < -0.4 is 10.0 Å². The third-order valence-electron chi connectivity index (χ3n) is 3.20. The van der Waals surface area contributed by atoms with E-state index in [0.29, 0.717) is 9.90 Å². The van der Waals surface area contributed by atoms with Crippen LogP contribution in [-0.2, 0) is 10.0 Å². The van der Waals surface area contributed by atoms with Crippen molar-refractivity contribution < 1.29 is 8.42 Å². The lowest BCUT2D eigenvalue weighted by Crippen LogP contribution is -2.11. The highest BCUT2D eigenvalue weighted by atomic mass is 32.2. The van der Waals surface area contributed by atoms with Gasteiger partial charge in [0, 0.05) is 17.1 Å². The van der Waals surface area contributed by atoms with Crippen LogP contribution in [0.3, 0.4) is 0 Å². The molecule has 0 aliphatic carbocycles. The molecule has 2 N–H and O–H groups in total. The Morgan fingerprint density at radius 2 is 1.61 bits per heavy atom. The summed E-state index contributed by atoms with van der Waals surface area (Å²) < 4.78 is 27.2. The fourth-order valence-corrected chi connectivity index (χ4v) is 4.18. The fourth-order valence-electron chi connectivity index (χ4n) is 2.13. The number of anilines is 3. The van der Waals surface area contributed by atoms with Crippen LogP contribution in [-0.4, -0.2) is 8.42 Å². The van der Waals surface area contributed by atoms with E-state index in [4.69, 9.17) is 0 Å². The van der Waals surface area contributed by atoms with Crippen LogP contribution in [0, 0.1) is 6.92 Å². The summed E-state index contributed by atoms with van der Waals surface area (Å²) in [5.74, 6) is 0. The lowest BCUT2D eigenvalue weighted by Gasteiger charge is -2.09. The Balaban J connectivity index is 1.72. The topological polar surface area (TPSA) is 58.2 Å². The van der Waals surface area contributed by atoms with Gasteiger partial charge < -0.3 is 5.32 Å². The lowest BCUT2D eigenvalue weighted by atomic mass is 10.2. The Morgan fingerprint density at radius 1 is 0.870 bits per heavy atom. The SMILES string of the molecule is Cc1cccc(Nc2ccc(NS(=O)(=O)c3cccs3)cc2)c1. The predicted molar refractivity (Wildman–Crippen MR) is 96.0 cm³/mol. The smallest absolute Gasteiger partial charge is 0.271 e. The van der Waals surface area contributed by atoms with E-state index in [1.807, 2.05) is 43.3 Å². The molecule has 3 rings (SSSR count). The van der Waals surface area contributed by atoms with Gasteiger partial charge in [-0.05, 0) is 60.3 Å². The van der Waals surface area contributed by atoms with Crippen molar-refractivity contribution in [1.29, 1.82) is 0 Å². The largest absolute Gasteiger partial charge is 0.356 e. The quantitative estimate of drug-likeness (QED) is 0.711. The summed E-state index contributed by atoms with van der Waals surface area (Å²) in [5, 5.41) is 5.03. The summed E-state index contributed by atoms with van der Waals surface area (Å²) in [6.07, 6.45) is 0. The molecule has 0 spiro atoms. The van der Waals surface area contributed by atoms with Gasteiger partial charge in [0.2, 0.25) is 0 Å². The molecule has 4 nitrogen and oxygen atoms in total. The minimum absolute atomic E-state index is 0.305. The van der Waals surface area contributed by atoms with Crippen LogP contribution in [0.2, 0.25) is 0 Å². The Bertz CT molecular complexity index is 887. The molecule has 0 saturated heterocycles. The zero-order chi connectivity index (χ0) is 16.3. The van der Waals surface area contributed by atoms with Gasteiger partial charge in [0.1, 0.15) is 4.21 Å². The van der Waals surface area contributed by atoms with Crippen molar-refractivity contribution in [2.75, 3.05) is 10.0 Å². The molecule has 3 aromatic rings. The molecule has 1 aromatic heterocycles. The average molecular weight is 344 g/mol. The zero-order valence-electron chi connectivity index (χ0n) is 12.5. The monoisotopic (exact) mass is 344 g/mol. The van der Waals surface area contributed by atoms with Crippen LogP contribution in [0.4, 0.5) is 17.1 Å². The van der Waals surface area contributed by atoms with Gasteiger partial charge in [-0.1, -0.05) is 18.2 Å². The van der Waals surface area contributed by atoms with Crippen LogP contribution in [0.5, 0.6) is 0 Å². The highest BCUT2D eigenvalue weighted by Crippen LogP contribution is 2.23. The van der Waals surface area contributed by atoms with E-state index >= 15 is 0 Å². The Kier molecular flexibility index (Phi) is 4.36. The van der Waals surface area contributed by atoms with Crippen molar-refractivity contribution in [1.82, 2.24) is 0 Å². The van der Waals surface area contributed by atoms with Crippen molar-refractivity contribution in [2.24, 2.45) is 0 Å². The summed E-state index contributed by atoms with van der Waals surface area (Å²) in [7, 11) is -3.50. The van der Waals surface area contributed by atoms with Crippen LogP contribution in [0.1, 0.15) is 5.56 Å². The molecule has 23 heavy (non-hydrogen) atoms. The molecule has 0 atom stereocenters. The van der Waals surface area contributed by atoms with Gasteiger partial charge in [-0.2, -0.15) is 0 Å². The number of sulfonamides is 1.